The molecule has 1 aliphatic heterocycles. The fraction of sp³-hybridized carbons (Fsp3) is 0.421. The van der Waals surface area contributed by atoms with Gasteiger partial charge >= 0.3 is 0 Å². The maximum absolute atomic E-state index is 12.4. The number of hydrogen-bond acceptors (Lipinski definition) is 5. The molecule has 0 spiro atoms. The van der Waals surface area contributed by atoms with Crippen molar-refractivity contribution < 1.29 is 14.6 Å². The van der Waals surface area contributed by atoms with E-state index in [4.69, 9.17) is 4.74 Å². The first-order chi connectivity index (χ1) is 12.2. The van der Waals surface area contributed by atoms with E-state index in [2.05, 4.69) is 9.97 Å². The number of amides is 1. The van der Waals surface area contributed by atoms with E-state index < -0.39 is 6.10 Å². The van der Waals surface area contributed by atoms with Crippen molar-refractivity contribution in [2.45, 2.75) is 25.4 Å². The summed E-state index contributed by atoms with van der Waals surface area (Å²) in [7, 11) is 1.63. The van der Waals surface area contributed by atoms with Crippen LogP contribution >= 0.6 is 0 Å². The number of aryl methyl sites for hydroxylation is 1. The van der Waals surface area contributed by atoms with Gasteiger partial charge in [0.25, 0.3) is 0 Å². The summed E-state index contributed by atoms with van der Waals surface area (Å²) in [6.45, 7) is 0.964. The lowest BCUT2D eigenvalue weighted by molar-refractivity contribution is -0.130. The van der Waals surface area contributed by atoms with Gasteiger partial charge in [0, 0.05) is 44.0 Å². The maximum atomic E-state index is 12.4. The first kappa shape index (κ1) is 17.4. The molecule has 2 aromatic rings. The third-order valence-corrected chi connectivity index (χ3v) is 4.63. The molecule has 2 heterocycles. The highest BCUT2D eigenvalue weighted by Crippen LogP contribution is 2.22. The molecule has 1 fully saturated rings. The Balaban J connectivity index is 1.50. The summed E-state index contributed by atoms with van der Waals surface area (Å²) in [6.07, 6.45) is 6.24. The number of aliphatic hydroxyl groups is 1. The number of β-amino-alcohol motifs (C(OH)–C–C–N with tert-alkyl or cyclic N) is 1. The predicted octanol–water partition coefficient (Wildman–Crippen LogP) is 1.48. The number of aliphatic hydroxyl groups excluding tert-OH is 1. The molecule has 3 rings (SSSR count). The summed E-state index contributed by atoms with van der Waals surface area (Å²) in [5.74, 6) is 0.905. The van der Waals surface area contributed by atoms with Gasteiger partial charge in [0.1, 0.15) is 5.75 Å². The molecule has 1 N–H and O–H groups in total. The molecule has 2 unspecified atom stereocenters. The molecular formula is C19H23N3O3. The molecular weight excluding hydrogens is 318 g/mol. The molecule has 25 heavy (non-hydrogen) atoms. The van der Waals surface area contributed by atoms with E-state index in [0.29, 0.717) is 32.4 Å². The Morgan fingerprint density at radius 3 is 2.76 bits per heavy atom. The smallest absolute Gasteiger partial charge is 0.223 e. The predicted molar refractivity (Wildman–Crippen MR) is 93.1 cm³/mol. The lowest BCUT2D eigenvalue weighted by atomic mass is 10.0. The van der Waals surface area contributed by atoms with Crippen molar-refractivity contribution in [3.05, 3.63) is 54.1 Å². The first-order valence-electron chi connectivity index (χ1n) is 8.49. The number of nitrogens with zero attached hydrogens (tertiary/aromatic N) is 3. The molecule has 1 aromatic carbocycles. The van der Waals surface area contributed by atoms with Crippen molar-refractivity contribution in [1.82, 2.24) is 14.9 Å². The van der Waals surface area contributed by atoms with Crippen molar-refractivity contribution >= 4 is 5.91 Å². The van der Waals surface area contributed by atoms with Gasteiger partial charge in [0.05, 0.1) is 18.9 Å². The fourth-order valence-electron chi connectivity index (χ4n) is 3.16. The molecule has 0 bridgehead atoms. The lowest BCUT2D eigenvalue weighted by Gasteiger charge is -2.16. The van der Waals surface area contributed by atoms with Gasteiger partial charge in [-0.25, -0.2) is 0 Å². The van der Waals surface area contributed by atoms with Crippen LogP contribution in [0.2, 0.25) is 0 Å². The van der Waals surface area contributed by atoms with E-state index >= 15 is 0 Å². The van der Waals surface area contributed by atoms with Crippen LogP contribution in [-0.4, -0.2) is 52.2 Å². The number of carbonyl (C=O) groups excluding carboxylic acids is 1. The second-order valence-corrected chi connectivity index (χ2v) is 6.38. The number of benzene rings is 1. The number of aromatic nitrogens is 2. The van der Waals surface area contributed by atoms with Crippen LogP contribution in [0.15, 0.2) is 42.9 Å². The highest BCUT2D eigenvalue weighted by Gasteiger charge is 2.33. The molecule has 1 saturated heterocycles. The molecule has 6 heteroatoms. The van der Waals surface area contributed by atoms with E-state index in [0.717, 1.165) is 17.0 Å². The molecule has 0 saturated carbocycles. The second-order valence-electron chi connectivity index (χ2n) is 6.38. The van der Waals surface area contributed by atoms with Gasteiger partial charge in [-0.15, -0.1) is 0 Å². The number of ether oxygens (including phenoxy) is 1. The zero-order chi connectivity index (χ0) is 17.6. The van der Waals surface area contributed by atoms with E-state index in [9.17, 15) is 9.90 Å². The average Bonchev–Trinajstić information content (AvgIpc) is 3.01. The van der Waals surface area contributed by atoms with Crippen LogP contribution in [0.3, 0.4) is 0 Å². The van der Waals surface area contributed by atoms with E-state index in [-0.39, 0.29) is 11.8 Å². The summed E-state index contributed by atoms with van der Waals surface area (Å²) >= 11 is 0. The van der Waals surface area contributed by atoms with Crippen molar-refractivity contribution in [3.8, 4) is 5.75 Å². The summed E-state index contributed by atoms with van der Waals surface area (Å²) in [4.78, 5) is 22.5. The average molecular weight is 341 g/mol. The maximum Gasteiger partial charge on any atom is 0.223 e. The minimum absolute atomic E-state index is 0.0154. The highest BCUT2D eigenvalue weighted by atomic mass is 16.5. The molecule has 132 valence electrons. The third-order valence-electron chi connectivity index (χ3n) is 4.63. The normalized spacial score (nSPS) is 19.8. The van der Waals surface area contributed by atoms with Crippen molar-refractivity contribution in [3.63, 3.8) is 0 Å². The largest absolute Gasteiger partial charge is 0.497 e. The standard InChI is InChI=1S/C19H23N3O3/c1-25-17-5-2-14(3-6-17)4-7-19(24)22-12-15(18(23)13-22)10-16-11-20-8-9-21-16/h2-3,5-6,8-9,11,15,18,23H,4,7,10,12-13H2,1H3. The lowest BCUT2D eigenvalue weighted by Crippen LogP contribution is -2.29. The molecule has 0 radical (unpaired) electrons. The van der Waals surface area contributed by atoms with Crippen LogP contribution in [0.5, 0.6) is 5.75 Å². The van der Waals surface area contributed by atoms with E-state index in [1.165, 1.54) is 0 Å². The van der Waals surface area contributed by atoms with Crippen molar-refractivity contribution in [2.24, 2.45) is 5.92 Å². The van der Waals surface area contributed by atoms with Crippen molar-refractivity contribution in [1.29, 1.82) is 0 Å². The zero-order valence-electron chi connectivity index (χ0n) is 14.3. The molecule has 2 atom stereocenters. The SMILES string of the molecule is COc1ccc(CCC(=O)N2CC(O)C(Cc3cnccn3)C2)cc1. The topological polar surface area (TPSA) is 75.5 Å². The number of likely N-dealkylation sites (tertiary alicyclic amines) is 1. The zero-order valence-corrected chi connectivity index (χ0v) is 14.3. The van der Waals surface area contributed by atoms with Crippen LogP contribution in [0, 0.1) is 5.92 Å². The summed E-state index contributed by atoms with van der Waals surface area (Å²) < 4.78 is 5.14. The number of rotatable bonds is 6. The van der Waals surface area contributed by atoms with Crippen LogP contribution in [-0.2, 0) is 17.6 Å². The van der Waals surface area contributed by atoms with E-state index in [1.807, 2.05) is 24.3 Å². The molecule has 1 amide bonds. The number of carbonyl (C=O) groups is 1. The molecule has 0 aliphatic carbocycles. The number of methoxy groups -OCH3 is 1. The van der Waals surface area contributed by atoms with Gasteiger partial charge in [0.2, 0.25) is 5.91 Å². The van der Waals surface area contributed by atoms with Gasteiger partial charge < -0.3 is 14.7 Å². The van der Waals surface area contributed by atoms with Crippen molar-refractivity contribution in [2.75, 3.05) is 20.2 Å². The van der Waals surface area contributed by atoms with Crippen LogP contribution in [0.25, 0.3) is 0 Å². The van der Waals surface area contributed by atoms with Gasteiger partial charge in [-0.3, -0.25) is 14.8 Å². The fourth-order valence-corrected chi connectivity index (χ4v) is 3.16. The Bertz CT molecular complexity index is 691. The Kier molecular flexibility index (Phi) is 5.60. The third kappa shape index (κ3) is 4.54. The quantitative estimate of drug-likeness (QED) is 0.861. The summed E-state index contributed by atoms with van der Waals surface area (Å²) in [5, 5.41) is 10.3. The van der Waals surface area contributed by atoms with Crippen LogP contribution < -0.4 is 4.74 Å². The number of hydrogen-bond donors (Lipinski definition) is 1. The molecule has 6 nitrogen and oxygen atoms in total. The summed E-state index contributed by atoms with van der Waals surface area (Å²) in [5.41, 5.74) is 1.95. The Morgan fingerprint density at radius 2 is 2.08 bits per heavy atom. The Hall–Kier alpha value is -2.47. The van der Waals surface area contributed by atoms with Gasteiger partial charge in [0.15, 0.2) is 0 Å². The van der Waals surface area contributed by atoms with Crippen LogP contribution in [0.4, 0.5) is 0 Å². The first-order valence-corrected chi connectivity index (χ1v) is 8.49. The highest BCUT2D eigenvalue weighted by molar-refractivity contribution is 5.76. The molecule has 1 aliphatic rings. The Labute approximate surface area is 147 Å². The van der Waals surface area contributed by atoms with Gasteiger partial charge in [-0.2, -0.15) is 0 Å². The monoisotopic (exact) mass is 341 g/mol. The summed E-state index contributed by atoms with van der Waals surface area (Å²) in [6, 6.07) is 7.75. The Morgan fingerprint density at radius 1 is 1.28 bits per heavy atom. The minimum atomic E-state index is -0.507. The van der Waals surface area contributed by atoms with Gasteiger partial charge in [-0.05, 0) is 30.5 Å². The minimum Gasteiger partial charge on any atom is -0.497 e. The van der Waals surface area contributed by atoms with Gasteiger partial charge in [-0.1, -0.05) is 12.1 Å². The van der Waals surface area contributed by atoms with E-state index in [1.54, 1.807) is 30.6 Å². The second kappa shape index (κ2) is 8.07. The van der Waals surface area contributed by atoms with Crippen LogP contribution in [0.1, 0.15) is 17.7 Å². The molecule has 1 aromatic heterocycles.